The molecular weight excluding hydrogens is 471 g/mol. The second-order valence-electron chi connectivity index (χ2n) is 7.63. The van der Waals surface area contributed by atoms with Crippen LogP contribution in [0, 0.1) is 5.82 Å². The Kier molecular flexibility index (Phi) is 7.29. The number of hydrogen-bond donors (Lipinski definition) is 1. The van der Waals surface area contributed by atoms with E-state index in [0.717, 1.165) is 28.8 Å². The first-order valence-electron chi connectivity index (χ1n) is 10.5. The van der Waals surface area contributed by atoms with Crippen LogP contribution in [0.5, 0.6) is 0 Å². The molecule has 1 heterocycles. The van der Waals surface area contributed by atoms with Gasteiger partial charge in [0.05, 0.1) is 5.69 Å². The Morgan fingerprint density at radius 3 is 2.34 bits per heavy atom. The number of nitrogens with one attached hydrogen (secondary N) is 1. The normalized spacial score (nSPS) is 14.9. The molecule has 1 aliphatic heterocycles. The first kappa shape index (κ1) is 22.2. The summed E-state index contributed by atoms with van der Waals surface area (Å²) >= 11 is 3.40. The van der Waals surface area contributed by atoms with Gasteiger partial charge in [-0.2, -0.15) is 0 Å². The van der Waals surface area contributed by atoms with Crippen molar-refractivity contribution in [3.63, 3.8) is 0 Å². The zero-order chi connectivity index (χ0) is 22.3. The van der Waals surface area contributed by atoms with Crippen molar-refractivity contribution in [1.29, 1.82) is 0 Å². The predicted molar refractivity (Wildman–Crippen MR) is 128 cm³/mol. The fraction of sp³-hybridized carbons (Fsp3) is 0.200. The molecule has 0 unspecified atom stereocenters. The van der Waals surface area contributed by atoms with Crippen molar-refractivity contribution in [1.82, 2.24) is 15.1 Å². The van der Waals surface area contributed by atoms with E-state index in [9.17, 15) is 9.18 Å². The Hall–Kier alpha value is -3.03. The number of nitrogens with zero attached hydrogens (tertiary/aromatic N) is 3. The van der Waals surface area contributed by atoms with Crippen LogP contribution < -0.4 is 5.32 Å². The van der Waals surface area contributed by atoms with E-state index in [4.69, 9.17) is 4.99 Å². The molecule has 1 aliphatic rings. The minimum absolute atomic E-state index is 0.200. The first-order chi connectivity index (χ1) is 15.6. The summed E-state index contributed by atoms with van der Waals surface area (Å²) in [5.74, 6) is 0.123. The van der Waals surface area contributed by atoms with E-state index in [0.29, 0.717) is 31.2 Å². The predicted octanol–water partition coefficient (Wildman–Crippen LogP) is 4.82. The van der Waals surface area contributed by atoms with Crippen molar-refractivity contribution in [3.8, 4) is 0 Å². The highest BCUT2D eigenvalue weighted by Gasteiger charge is 2.22. The molecule has 1 N–H and O–H groups in total. The number of amides is 1. The van der Waals surface area contributed by atoms with E-state index < -0.39 is 0 Å². The Balaban J connectivity index is 1.46. The van der Waals surface area contributed by atoms with Gasteiger partial charge >= 0.3 is 0 Å². The van der Waals surface area contributed by atoms with Gasteiger partial charge in [-0.05, 0) is 54.1 Å². The maximum atomic E-state index is 13.5. The molecule has 164 valence electrons. The quantitative estimate of drug-likeness (QED) is 0.417. The molecule has 0 spiro atoms. The zero-order valence-corrected chi connectivity index (χ0v) is 19.1. The lowest BCUT2D eigenvalue weighted by Gasteiger charge is -2.36. The van der Waals surface area contributed by atoms with Crippen LogP contribution >= 0.6 is 15.9 Å². The Bertz CT molecular complexity index is 1080. The SMILES string of the molecule is O=C(NC(=Nc1ccccc1)N1CCN(Cc2cccc(F)c2)CC1)c1ccc(Br)cc1. The molecule has 7 heteroatoms. The summed E-state index contributed by atoms with van der Waals surface area (Å²) in [4.78, 5) is 21.9. The lowest BCUT2D eigenvalue weighted by atomic mass is 10.2. The fourth-order valence-corrected chi connectivity index (χ4v) is 3.85. The minimum Gasteiger partial charge on any atom is -0.340 e. The van der Waals surface area contributed by atoms with E-state index in [1.807, 2.05) is 48.5 Å². The topological polar surface area (TPSA) is 47.9 Å². The number of carbonyl (C=O) groups excluding carboxylic acids is 1. The van der Waals surface area contributed by atoms with Gasteiger partial charge in [-0.25, -0.2) is 9.38 Å². The summed E-state index contributed by atoms with van der Waals surface area (Å²) in [5, 5.41) is 3.00. The van der Waals surface area contributed by atoms with Crippen molar-refractivity contribution in [2.45, 2.75) is 6.54 Å². The number of aliphatic imine (C=N–C) groups is 1. The van der Waals surface area contributed by atoms with Gasteiger partial charge in [-0.15, -0.1) is 0 Å². The number of guanidine groups is 1. The molecule has 0 saturated carbocycles. The largest absolute Gasteiger partial charge is 0.340 e. The third-order valence-corrected chi connectivity index (χ3v) is 5.82. The van der Waals surface area contributed by atoms with E-state index in [-0.39, 0.29) is 11.7 Å². The molecule has 1 fully saturated rings. The Morgan fingerprint density at radius 2 is 1.66 bits per heavy atom. The van der Waals surface area contributed by atoms with Crippen molar-refractivity contribution in [2.24, 2.45) is 4.99 Å². The summed E-state index contributed by atoms with van der Waals surface area (Å²) in [5.41, 5.74) is 2.31. The molecular formula is C25H24BrFN4O. The summed E-state index contributed by atoms with van der Waals surface area (Å²) in [6.07, 6.45) is 0. The number of halogens is 2. The number of rotatable bonds is 4. The molecule has 4 rings (SSSR count). The molecule has 0 aromatic heterocycles. The van der Waals surface area contributed by atoms with Crippen LogP contribution in [-0.2, 0) is 6.54 Å². The van der Waals surface area contributed by atoms with Crippen molar-refractivity contribution in [2.75, 3.05) is 26.2 Å². The minimum atomic E-state index is -0.214. The highest BCUT2D eigenvalue weighted by atomic mass is 79.9. The van der Waals surface area contributed by atoms with Crippen molar-refractivity contribution in [3.05, 3.63) is 100 Å². The highest BCUT2D eigenvalue weighted by Crippen LogP contribution is 2.15. The van der Waals surface area contributed by atoms with Gasteiger partial charge in [0.25, 0.3) is 5.91 Å². The van der Waals surface area contributed by atoms with Gasteiger partial charge in [0.2, 0.25) is 5.96 Å². The second-order valence-corrected chi connectivity index (χ2v) is 8.54. The number of carbonyl (C=O) groups is 1. The van der Waals surface area contributed by atoms with Gasteiger partial charge in [0, 0.05) is 42.8 Å². The van der Waals surface area contributed by atoms with Gasteiger partial charge in [-0.3, -0.25) is 15.0 Å². The molecule has 0 aliphatic carbocycles. The van der Waals surface area contributed by atoms with Crippen LogP contribution in [0.3, 0.4) is 0 Å². The lowest BCUT2D eigenvalue weighted by Crippen LogP contribution is -2.53. The molecule has 1 saturated heterocycles. The van der Waals surface area contributed by atoms with Gasteiger partial charge in [0.1, 0.15) is 5.82 Å². The van der Waals surface area contributed by atoms with Crippen LogP contribution in [0.4, 0.5) is 10.1 Å². The van der Waals surface area contributed by atoms with Crippen LogP contribution in [0.15, 0.2) is 88.3 Å². The summed E-state index contributed by atoms with van der Waals surface area (Å²) in [6.45, 7) is 3.70. The van der Waals surface area contributed by atoms with Gasteiger partial charge in [0.15, 0.2) is 0 Å². The molecule has 5 nitrogen and oxygen atoms in total. The van der Waals surface area contributed by atoms with Crippen LogP contribution in [0.1, 0.15) is 15.9 Å². The monoisotopic (exact) mass is 494 g/mol. The summed E-state index contributed by atoms with van der Waals surface area (Å²) < 4.78 is 14.4. The Labute approximate surface area is 195 Å². The van der Waals surface area contributed by atoms with E-state index in [1.54, 1.807) is 24.3 Å². The van der Waals surface area contributed by atoms with E-state index in [1.165, 1.54) is 6.07 Å². The highest BCUT2D eigenvalue weighted by molar-refractivity contribution is 9.10. The van der Waals surface area contributed by atoms with Crippen LogP contribution in [0.2, 0.25) is 0 Å². The maximum Gasteiger partial charge on any atom is 0.257 e. The summed E-state index contributed by atoms with van der Waals surface area (Å²) in [7, 11) is 0. The number of para-hydroxylation sites is 1. The third-order valence-electron chi connectivity index (χ3n) is 5.29. The van der Waals surface area contributed by atoms with Crippen LogP contribution in [0.25, 0.3) is 0 Å². The molecule has 1 amide bonds. The van der Waals surface area contributed by atoms with Crippen LogP contribution in [-0.4, -0.2) is 47.8 Å². The van der Waals surface area contributed by atoms with Crippen molar-refractivity contribution >= 4 is 33.5 Å². The van der Waals surface area contributed by atoms with Crippen molar-refractivity contribution < 1.29 is 9.18 Å². The molecule has 32 heavy (non-hydrogen) atoms. The Morgan fingerprint density at radius 1 is 0.938 bits per heavy atom. The number of hydrogen-bond acceptors (Lipinski definition) is 3. The standard InChI is InChI=1S/C25H24BrFN4O/c26-21-11-9-20(10-12-21)24(32)29-25(28-23-7-2-1-3-8-23)31-15-13-30(14-16-31)18-19-5-4-6-22(27)17-19/h1-12,17H,13-16,18H2,(H,28,29,32). The number of benzene rings is 3. The average Bonchev–Trinajstić information content (AvgIpc) is 2.80. The molecule has 0 atom stereocenters. The van der Waals surface area contributed by atoms with Gasteiger partial charge < -0.3 is 4.90 Å². The fourth-order valence-electron chi connectivity index (χ4n) is 3.59. The second kappa shape index (κ2) is 10.5. The zero-order valence-electron chi connectivity index (χ0n) is 17.5. The first-order valence-corrected chi connectivity index (χ1v) is 11.3. The third kappa shape index (κ3) is 6.02. The molecule has 3 aromatic carbocycles. The lowest BCUT2D eigenvalue weighted by molar-refractivity contribution is 0.0967. The maximum absolute atomic E-state index is 13.5. The summed E-state index contributed by atoms with van der Waals surface area (Å²) in [6, 6.07) is 23.5. The molecule has 0 radical (unpaired) electrons. The van der Waals surface area contributed by atoms with E-state index in [2.05, 4.69) is 31.0 Å². The molecule has 0 bridgehead atoms. The average molecular weight is 495 g/mol. The smallest absolute Gasteiger partial charge is 0.257 e. The van der Waals surface area contributed by atoms with E-state index >= 15 is 0 Å². The van der Waals surface area contributed by atoms with Gasteiger partial charge in [-0.1, -0.05) is 46.3 Å². The molecule has 3 aromatic rings. The number of piperazine rings is 1.